The van der Waals surface area contributed by atoms with E-state index in [-0.39, 0.29) is 38.6 Å². The Balaban J connectivity index is 4.34. The Morgan fingerprint density at radius 2 is 0.838 bits per heavy atom. The third kappa shape index (κ3) is 50.6. The number of hydrogen-bond donors (Lipinski definition) is 0. The van der Waals surface area contributed by atoms with Crippen LogP contribution < -0.4 is 5.11 Å². The van der Waals surface area contributed by atoms with Gasteiger partial charge in [-0.05, 0) is 51.4 Å². The number of carboxylic acids is 1. The van der Waals surface area contributed by atoms with Crippen LogP contribution in [0.4, 0.5) is 0 Å². The Morgan fingerprint density at radius 1 is 0.456 bits per heavy atom. The number of esters is 2. The van der Waals surface area contributed by atoms with Crippen molar-refractivity contribution in [1.82, 2.24) is 0 Å². The molecule has 0 aromatic heterocycles. The number of carboxylic acid groups (broad SMARTS) is 1. The largest absolute Gasteiger partial charge is 0.545 e. The zero-order valence-corrected chi connectivity index (χ0v) is 44.5. The van der Waals surface area contributed by atoms with Crippen molar-refractivity contribution < 1.29 is 42.9 Å². The van der Waals surface area contributed by atoms with Crippen LogP contribution in [0, 0.1) is 0 Å². The number of carbonyl (C=O) groups excluding carboxylic acids is 3. The number of rotatable bonds is 50. The molecule has 0 rings (SSSR count). The molecule has 9 nitrogen and oxygen atoms in total. The van der Waals surface area contributed by atoms with Crippen molar-refractivity contribution in [3.05, 3.63) is 72.9 Å². The van der Waals surface area contributed by atoms with E-state index in [0.717, 1.165) is 57.8 Å². The highest BCUT2D eigenvalue weighted by atomic mass is 16.7. The minimum atomic E-state index is -1.64. The first-order valence-electron chi connectivity index (χ1n) is 27.6. The van der Waals surface area contributed by atoms with Crippen LogP contribution >= 0.6 is 0 Å². The van der Waals surface area contributed by atoms with E-state index in [1.165, 1.54) is 135 Å². The Bertz CT molecular complexity index is 1340. The lowest BCUT2D eigenvalue weighted by atomic mass is 10.0. The van der Waals surface area contributed by atoms with E-state index >= 15 is 0 Å². The van der Waals surface area contributed by atoms with E-state index in [1.807, 2.05) is 33.3 Å². The van der Waals surface area contributed by atoms with Crippen LogP contribution in [0.1, 0.15) is 226 Å². The molecular weight excluding hydrogens is 851 g/mol. The second kappa shape index (κ2) is 50.1. The summed E-state index contributed by atoms with van der Waals surface area (Å²) in [5.74, 6) is -2.39. The lowest BCUT2D eigenvalue weighted by molar-refractivity contribution is -0.870. The molecule has 0 saturated heterocycles. The van der Waals surface area contributed by atoms with Crippen molar-refractivity contribution in [3.8, 4) is 0 Å². The Labute approximate surface area is 417 Å². The van der Waals surface area contributed by atoms with Crippen LogP contribution in [0.15, 0.2) is 72.9 Å². The van der Waals surface area contributed by atoms with E-state index in [9.17, 15) is 19.5 Å². The highest BCUT2D eigenvalue weighted by Crippen LogP contribution is 2.16. The molecule has 0 fully saturated rings. The molecule has 0 aliphatic rings. The molecule has 0 aromatic carbocycles. The first kappa shape index (κ1) is 64.7. The van der Waals surface area contributed by atoms with Crippen molar-refractivity contribution >= 4 is 17.9 Å². The van der Waals surface area contributed by atoms with E-state index < -0.39 is 24.3 Å². The summed E-state index contributed by atoms with van der Waals surface area (Å²) < 4.78 is 22.6. The van der Waals surface area contributed by atoms with Gasteiger partial charge in [0.25, 0.3) is 0 Å². The first-order chi connectivity index (χ1) is 33.1. The summed E-state index contributed by atoms with van der Waals surface area (Å²) in [5.41, 5.74) is 0. The van der Waals surface area contributed by atoms with Gasteiger partial charge >= 0.3 is 11.9 Å². The predicted molar refractivity (Wildman–Crippen MR) is 283 cm³/mol. The predicted octanol–water partition coefficient (Wildman–Crippen LogP) is 14.5. The van der Waals surface area contributed by atoms with E-state index in [4.69, 9.17) is 18.9 Å². The molecule has 9 heteroatoms. The lowest BCUT2D eigenvalue weighted by Crippen LogP contribution is -2.44. The van der Waals surface area contributed by atoms with Gasteiger partial charge in [-0.2, -0.15) is 0 Å². The Morgan fingerprint density at radius 3 is 1.22 bits per heavy atom. The van der Waals surface area contributed by atoms with Crippen LogP contribution in [-0.2, 0) is 33.3 Å². The molecule has 0 aliphatic heterocycles. The fraction of sp³-hybridized carbons (Fsp3) is 0.746. The van der Waals surface area contributed by atoms with Gasteiger partial charge in [-0.25, -0.2) is 0 Å². The van der Waals surface area contributed by atoms with Gasteiger partial charge in [-0.1, -0.05) is 234 Å². The van der Waals surface area contributed by atoms with E-state index in [1.54, 1.807) is 0 Å². The highest BCUT2D eigenvalue weighted by Gasteiger charge is 2.21. The maximum atomic E-state index is 12.8. The van der Waals surface area contributed by atoms with Gasteiger partial charge in [0.2, 0.25) is 0 Å². The van der Waals surface area contributed by atoms with Gasteiger partial charge in [0.05, 0.1) is 40.3 Å². The van der Waals surface area contributed by atoms with Crippen LogP contribution in [0.3, 0.4) is 0 Å². The molecule has 0 radical (unpaired) electrons. The minimum Gasteiger partial charge on any atom is -0.545 e. The smallest absolute Gasteiger partial charge is 0.306 e. The monoisotopic (exact) mass is 954 g/mol. The summed E-state index contributed by atoms with van der Waals surface area (Å²) in [7, 11) is 5.89. The van der Waals surface area contributed by atoms with E-state index in [2.05, 4.69) is 74.6 Å². The number of carbonyl (C=O) groups is 3. The second-order valence-corrected chi connectivity index (χ2v) is 19.5. The molecule has 392 valence electrons. The summed E-state index contributed by atoms with van der Waals surface area (Å²) in [6.07, 6.45) is 61.1. The standard InChI is InChI=1S/C59H103NO8/c1-6-8-10-12-14-16-18-20-22-24-26-27-28-29-30-32-33-35-37-39-41-43-45-47-49-56(61)66-53-55(54-67-59(58(63)64)65-52-51-60(3,4)5)68-57(62)50-48-46-44-42-40-38-36-34-31-25-23-21-19-17-15-13-11-9-7-2/h9,11,15,17,21,23,31,34,38,40,44,46,55,59H,6-8,10,12-14,16,18-20,22,24-30,32-33,35-37,39,41-43,45,47-54H2,1-5H3/b11-9-,17-15-,23-21-,34-31-,40-38-,46-44-. The minimum absolute atomic E-state index is 0.121. The molecule has 2 unspecified atom stereocenters. The van der Waals surface area contributed by atoms with Gasteiger partial charge in [-0.3, -0.25) is 9.59 Å². The highest BCUT2D eigenvalue weighted by molar-refractivity contribution is 5.70. The summed E-state index contributed by atoms with van der Waals surface area (Å²) in [5, 5.41) is 11.7. The summed E-state index contributed by atoms with van der Waals surface area (Å²) >= 11 is 0. The van der Waals surface area contributed by atoms with E-state index in [0.29, 0.717) is 17.4 Å². The number of allylic oxidation sites excluding steroid dienone is 12. The molecule has 0 N–H and O–H groups in total. The molecule has 0 aliphatic carbocycles. The number of nitrogens with zero attached hydrogens (tertiary/aromatic N) is 1. The number of hydrogen-bond acceptors (Lipinski definition) is 8. The molecule has 0 aromatic rings. The number of ether oxygens (including phenoxy) is 4. The maximum absolute atomic E-state index is 12.8. The lowest BCUT2D eigenvalue weighted by Gasteiger charge is -2.26. The summed E-state index contributed by atoms with van der Waals surface area (Å²) in [6, 6.07) is 0. The molecule has 0 heterocycles. The van der Waals surface area contributed by atoms with Gasteiger partial charge in [0.1, 0.15) is 13.2 Å². The van der Waals surface area contributed by atoms with Crippen molar-refractivity contribution in [2.45, 2.75) is 238 Å². The molecule has 0 amide bonds. The normalized spacial score (nSPS) is 13.4. The SMILES string of the molecule is CC/C=C\C/C=C\C/C=C\C/C=C\C/C=C\C/C=C\CCC(=O)OC(COC(=O)CCCCCCCCCCCCCCCCCCCCCCCCCC)COC(OCC[N+](C)(C)C)C(=O)[O-]. The third-order valence-corrected chi connectivity index (χ3v) is 11.7. The average molecular weight is 954 g/mol. The summed E-state index contributed by atoms with van der Waals surface area (Å²) in [6.45, 7) is 4.56. The van der Waals surface area contributed by atoms with Crippen LogP contribution in [0.2, 0.25) is 0 Å². The quantitative estimate of drug-likeness (QED) is 0.0195. The van der Waals surface area contributed by atoms with Crippen LogP contribution in [-0.4, -0.2) is 82.3 Å². The van der Waals surface area contributed by atoms with Crippen LogP contribution in [0.25, 0.3) is 0 Å². The molecule has 68 heavy (non-hydrogen) atoms. The van der Waals surface area contributed by atoms with Crippen molar-refractivity contribution in [3.63, 3.8) is 0 Å². The fourth-order valence-corrected chi connectivity index (χ4v) is 7.50. The molecule has 0 spiro atoms. The van der Waals surface area contributed by atoms with Crippen molar-refractivity contribution in [2.75, 3.05) is 47.5 Å². The number of unbranched alkanes of at least 4 members (excludes halogenated alkanes) is 23. The van der Waals surface area contributed by atoms with Crippen LogP contribution in [0.5, 0.6) is 0 Å². The summed E-state index contributed by atoms with van der Waals surface area (Å²) in [4.78, 5) is 37.2. The van der Waals surface area contributed by atoms with Gasteiger partial charge in [0, 0.05) is 12.8 Å². The zero-order chi connectivity index (χ0) is 49.9. The topological polar surface area (TPSA) is 111 Å². The number of quaternary nitrogens is 1. The maximum Gasteiger partial charge on any atom is 0.306 e. The molecule has 0 saturated carbocycles. The number of aliphatic carboxylic acids is 1. The number of likely N-dealkylation sites (N-methyl/N-ethyl adjacent to an activating group) is 1. The fourth-order valence-electron chi connectivity index (χ4n) is 7.50. The molecule has 2 atom stereocenters. The van der Waals surface area contributed by atoms with Crippen molar-refractivity contribution in [1.29, 1.82) is 0 Å². The Kier molecular flexibility index (Phi) is 47.7. The van der Waals surface area contributed by atoms with Gasteiger partial charge in [0.15, 0.2) is 12.4 Å². The first-order valence-corrected chi connectivity index (χ1v) is 27.6. The van der Waals surface area contributed by atoms with Gasteiger partial charge < -0.3 is 33.3 Å². The molecule has 0 bridgehead atoms. The zero-order valence-electron chi connectivity index (χ0n) is 44.5. The second-order valence-electron chi connectivity index (χ2n) is 19.5. The van der Waals surface area contributed by atoms with Crippen molar-refractivity contribution in [2.24, 2.45) is 0 Å². The Hall–Kier alpha value is -3.27. The third-order valence-electron chi connectivity index (χ3n) is 11.7. The molecular formula is C59H103NO8. The van der Waals surface area contributed by atoms with Gasteiger partial charge in [-0.15, -0.1) is 0 Å². The average Bonchev–Trinajstić information content (AvgIpc) is 3.30.